The normalized spacial score (nSPS) is 23.1. The topological polar surface area (TPSA) is 88.4 Å². The van der Waals surface area contributed by atoms with Crippen LogP contribution < -0.4 is 4.72 Å². The number of rotatable bonds is 5. The van der Waals surface area contributed by atoms with Gasteiger partial charge in [0.05, 0.1) is 0 Å². The predicted molar refractivity (Wildman–Crippen MR) is 78.8 cm³/mol. The lowest BCUT2D eigenvalue weighted by molar-refractivity contribution is 0.0685. The molecule has 1 fully saturated rings. The molecule has 0 saturated heterocycles. The molecule has 2 unspecified atom stereocenters. The van der Waals surface area contributed by atoms with Crippen LogP contribution in [0.2, 0.25) is 0 Å². The monoisotopic (exact) mass is 314 g/mol. The number of carboxylic acids is 1. The minimum atomic E-state index is -3.67. The fraction of sp³-hybridized carbons (Fsp3) is 0.643. The fourth-order valence-electron chi connectivity index (χ4n) is 2.83. The van der Waals surface area contributed by atoms with Gasteiger partial charge >= 0.3 is 5.97 Å². The van der Waals surface area contributed by atoms with E-state index in [4.69, 9.17) is 5.11 Å². The summed E-state index contributed by atoms with van der Waals surface area (Å²) in [5.41, 5.74) is -0.00503. The minimum Gasteiger partial charge on any atom is -0.477 e. The van der Waals surface area contributed by atoms with Gasteiger partial charge in [0, 0.05) is 18.8 Å². The fourth-order valence-corrected chi connectivity index (χ4v) is 4.25. The van der Waals surface area contributed by atoms with E-state index in [-0.39, 0.29) is 16.6 Å². The molecule has 1 saturated carbocycles. The number of sulfonamides is 1. The molecule has 7 heteroatoms. The number of nitrogens with zero attached hydrogens (tertiary/aromatic N) is 1. The maximum Gasteiger partial charge on any atom is 0.352 e. The van der Waals surface area contributed by atoms with Gasteiger partial charge in [0.25, 0.3) is 0 Å². The molecule has 1 aliphatic rings. The summed E-state index contributed by atoms with van der Waals surface area (Å²) in [6.07, 6.45) is 5.39. The standard InChI is InChI=1S/C14H22N2O4S/c1-3-16-9-11(8-13(16)14(17)18)21(19,20)15-12-7-5-4-6-10(12)2/h8-10,12,15H,3-7H2,1-2H3,(H,17,18). The van der Waals surface area contributed by atoms with Gasteiger partial charge in [-0.3, -0.25) is 0 Å². The van der Waals surface area contributed by atoms with Crippen LogP contribution in [0, 0.1) is 5.92 Å². The van der Waals surface area contributed by atoms with Crippen LogP contribution in [-0.4, -0.2) is 30.1 Å². The molecule has 0 aromatic carbocycles. The second-order valence-corrected chi connectivity index (χ2v) is 7.36. The van der Waals surface area contributed by atoms with Crippen molar-refractivity contribution in [2.75, 3.05) is 0 Å². The van der Waals surface area contributed by atoms with Gasteiger partial charge in [-0.05, 0) is 31.7 Å². The van der Waals surface area contributed by atoms with E-state index in [1.54, 1.807) is 6.92 Å². The van der Waals surface area contributed by atoms with E-state index in [9.17, 15) is 13.2 Å². The Morgan fingerprint density at radius 3 is 2.62 bits per heavy atom. The predicted octanol–water partition coefficient (Wildman–Crippen LogP) is 2.06. The first-order valence-electron chi connectivity index (χ1n) is 7.31. The molecule has 0 radical (unpaired) electrons. The summed E-state index contributed by atoms with van der Waals surface area (Å²) >= 11 is 0. The molecule has 118 valence electrons. The number of carbonyl (C=O) groups is 1. The van der Waals surface area contributed by atoms with Crippen molar-refractivity contribution >= 4 is 16.0 Å². The first kappa shape index (κ1) is 16.0. The van der Waals surface area contributed by atoms with E-state index < -0.39 is 16.0 Å². The van der Waals surface area contributed by atoms with Crippen LogP contribution in [0.15, 0.2) is 17.2 Å². The molecular formula is C14H22N2O4S. The van der Waals surface area contributed by atoms with Crippen LogP contribution >= 0.6 is 0 Å². The third-order valence-corrected chi connectivity index (χ3v) is 5.62. The molecule has 0 spiro atoms. The van der Waals surface area contributed by atoms with Crippen LogP contribution in [0.3, 0.4) is 0 Å². The first-order valence-corrected chi connectivity index (χ1v) is 8.79. The average molecular weight is 314 g/mol. The van der Waals surface area contributed by atoms with Crippen LogP contribution in [0.25, 0.3) is 0 Å². The zero-order valence-corrected chi connectivity index (χ0v) is 13.2. The number of aromatic carboxylic acids is 1. The molecule has 21 heavy (non-hydrogen) atoms. The summed E-state index contributed by atoms with van der Waals surface area (Å²) in [6, 6.07) is 1.16. The van der Waals surface area contributed by atoms with Crippen molar-refractivity contribution < 1.29 is 18.3 Å². The highest BCUT2D eigenvalue weighted by Crippen LogP contribution is 2.25. The van der Waals surface area contributed by atoms with E-state index in [2.05, 4.69) is 4.72 Å². The number of hydrogen-bond acceptors (Lipinski definition) is 3. The number of aryl methyl sites for hydroxylation is 1. The molecule has 0 aliphatic heterocycles. The van der Waals surface area contributed by atoms with Gasteiger partial charge in [0.1, 0.15) is 10.6 Å². The molecule has 1 aromatic heterocycles. The van der Waals surface area contributed by atoms with Crippen molar-refractivity contribution in [2.45, 2.75) is 57.0 Å². The van der Waals surface area contributed by atoms with Crippen LogP contribution in [0.1, 0.15) is 50.0 Å². The Morgan fingerprint density at radius 1 is 1.43 bits per heavy atom. The lowest BCUT2D eigenvalue weighted by Gasteiger charge is -2.29. The summed E-state index contributed by atoms with van der Waals surface area (Å²) in [5.74, 6) is -0.815. The van der Waals surface area contributed by atoms with Gasteiger partial charge in [0.15, 0.2) is 0 Å². The second-order valence-electron chi connectivity index (χ2n) is 5.64. The van der Waals surface area contributed by atoms with Crippen molar-refractivity contribution in [1.82, 2.24) is 9.29 Å². The molecule has 1 aliphatic carbocycles. The summed E-state index contributed by atoms with van der Waals surface area (Å²) in [7, 11) is -3.67. The molecule has 2 atom stereocenters. The van der Waals surface area contributed by atoms with Crippen LogP contribution in [-0.2, 0) is 16.6 Å². The summed E-state index contributed by atoms with van der Waals surface area (Å²) in [4.78, 5) is 11.2. The highest BCUT2D eigenvalue weighted by atomic mass is 32.2. The van der Waals surface area contributed by atoms with Gasteiger partial charge < -0.3 is 9.67 Å². The molecule has 2 N–H and O–H groups in total. The van der Waals surface area contributed by atoms with Crippen LogP contribution in [0.4, 0.5) is 0 Å². The van der Waals surface area contributed by atoms with Gasteiger partial charge in [-0.1, -0.05) is 19.8 Å². The zero-order chi connectivity index (χ0) is 15.6. The first-order chi connectivity index (χ1) is 9.85. The zero-order valence-electron chi connectivity index (χ0n) is 12.4. The largest absolute Gasteiger partial charge is 0.477 e. The molecule has 6 nitrogen and oxygen atoms in total. The van der Waals surface area contributed by atoms with E-state index in [0.717, 1.165) is 25.7 Å². The van der Waals surface area contributed by atoms with Gasteiger partial charge in [-0.2, -0.15) is 0 Å². The third kappa shape index (κ3) is 3.47. The molecular weight excluding hydrogens is 292 g/mol. The Labute approximate surface area is 125 Å². The molecule has 2 rings (SSSR count). The third-order valence-electron chi connectivity index (χ3n) is 4.16. The minimum absolute atomic E-state index is 0.00503. The van der Waals surface area contributed by atoms with Crippen molar-refractivity contribution in [3.05, 3.63) is 18.0 Å². The van der Waals surface area contributed by atoms with Crippen molar-refractivity contribution in [2.24, 2.45) is 5.92 Å². The second kappa shape index (κ2) is 6.19. The van der Waals surface area contributed by atoms with E-state index in [1.165, 1.54) is 16.8 Å². The average Bonchev–Trinajstić information content (AvgIpc) is 2.86. The van der Waals surface area contributed by atoms with Crippen molar-refractivity contribution in [3.8, 4) is 0 Å². The number of carboxylic acid groups (broad SMARTS) is 1. The van der Waals surface area contributed by atoms with E-state index in [1.807, 2.05) is 6.92 Å². The summed E-state index contributed by atoms with van der Waals surface area (Å²) < 4.78 is 29.0. The smallest absolute Gasteiger partial charge is 0.352 e. The van der Waals surface area contributed by atoms with Crippen LogP contribution in [0.5, 0.6) is 0 Å². The number of aromatic nitrogens is 1. The Balaban J connectivity index is 2.25. The van der Waals surface area contributed by atoms with E-state index >= 15 is 0 Å². The number of nitrogens with one attached hydrogen (secondary N) is 1. The summed E-state index contributed by atoms with van der Waals surface area (Å²) in [5, 5.41) is 9.10. The Hall–Kier alpha value is -1.34. The van der Waals surface area contributed by atoms with Gasteiger partial charge in [-0.15, -0.1) is 0 Å². The Morgan fingerprint density at radius 2 is 2.10 bits per heavy atom. The Bertz CT molecular complexity index is 621. The molecule has 0 bridgehead atoms. The quantitative estimate of drug-likeness (QED) is 0.870. The Kier molecular flexibility index (Phi) is 4.73. The van der Waals surface area contributed by atoms with Gasteiger partial charge in [0.2, 0.25) is 10.0 Å². The highest BCUT2D eigenvalue weighted by Gasteiger charge is 2.28. The summed E-state index contributed by atoms with van der Waals surface area (Å²) in [6.45, 7) is 4.24. The lowest BCUT2D eigenvalue weighted by Crippen LogP contribution is -2.40. The number of hydrogen-bond donors (Lipinski definition) is 2. The van der Waals surface area contributed by atoms with Gasteiger partial charge in [-0.25, -0.2) is 17.9 Å². The lowest BCUT2D eigenvalue weighted by atomic mass is 9.87. The molecule has 1 heterocycles. The van der Waals surface area contributed by atoms with E-state index in [0.29, 0.717) is 12.5 Å². The maximum atomic E-state index is 12.4. The molecule has 1 aromatic rings. The maximum absolute atomic E-state index is 12.4. The van der Waals surface area contributed by atoms with Crippen molar-refractivity contribution in [3.63, 3.8) is 0 Å². The SMILES string of the molecule is CCn1cc(S(=O)(=O)NC2CCCCC2C)cc1C(=O)O. The van der Waals surface area contributed by atoms with Crippen molar-refractivity contribution in [1.29, 1.82) is 0 Å². The highest BCUT2D eigenvalue weighted by molar-refractivity contribution is 7.89. The molecule has 0 amide bonds.